The predicted molar refractivity (Wildman–Crippen MR) is 100 cm³/mol. The van der Waals surface area contributed by atoms with Gasteiger partial charge in [-0.3, -0.25) is 14.5 Å². The summed E-state index contributed by atoms with van der Waals surface area (Å²) in [6.07, 6.45) is 3.56. The SMILES string of the molecule is CCNC(=NCCCn1nc(C)cc1C)N1CCCC(CC(N)=O)C1. The summed E-state index contributed by atoms with van der Waals surface area (Å²) in [6, 6.07) is 2.10. The van der Waals surface area contributed by atoms with E-state index in [1.165, 1.54) is 5.69 Å². The lowest BCUT2D eigenvalue weighted by molar-refractivity contribution is -0.119. The highest BCUT2D eigenvalue weighted by Gasteiger charge is 2.23. The van der Waals surface area contributed by atoms with Crippen LogP contribution in [0.4, 0.5) is 0 Å². The number of guanidine groups is 1. The fourth-order valence-electron chi connectivity index (χ4n) is 3.44. The molecule has 7 nitrogen and oxygen atoms in total. The highest BCUT2D eigenvalue weighted by molar-refractivity contribution is 5.80. The Morgan fingerprint density at radius 3 is 2.92 bits per heavy atom. The third-order valence-electron chi connectivity index (χ3n) is 4.54. The monoisotopic (exact) mass is 348 g/mol. The first-order chi connectivity index (χ1) is 12.0. The van der Waals surface area contributed by atoms with E-state index in [2.05, 4.69) is 35.2 Å². The topological polar surface area (TPSA) is 88.5 Å². The Kier molecular flexibility index (Phi) is 7.28. The van der Waals surface area contributed by atoms with Gasteiger partial charge in [-0.2, -0.15) is 5.10 Å². The number of piperidine rings is 1. The van der Waals surface area contributed by atoms with Crippen molar-refractivity contribution in [2.24, 2.45) is 16.6 Å². The molecular formula is C18H32N6O. The first-order valence-electron chi connectivity index (χ1n) is 9.32. The number of carbonyl (C=O) groups is 1. The van der Waals surface area contributed by atoms with Crippen molar-refractivity contribution in [3.8, 4) is 0 Å². The van der Waals surface area contributed by atoms with Crippen molar-refractivity contribution in [2.75, 3.05) is 26.2 Å². The van der Waals surface area contributed by atoms with E-state index in [0.717, 1.165) is 63.6 Å². The van der Waals surface area contributed by atoms with Crippen LogP contribution in [0.1, 0.15) is 44.0 Å². The smallest absolute Gasteiger partial charge is 0.217 e. The van der Waals surface area contributed by atoms with Gasteiger partial charge in [0.05, 0.1) is 5.69 Å². The van der Waals surface area contributed by atoms with Crippen LogP contribution >= 0.6 is 0 Å². The van der Waals surface area contributed by atoms with Crippen molar-refractivity contribution in [3.63, 3.8) is 0 Å². The molecule has 140 valence electrons. The molecule has 1 aromatic heterocycles. The zero-order chi connectivity index (χ0) is 18.2. The number of hydrogen-bond donors (Lipinski definition) is 2. The van der Waals surface area contributed by atoms with Gasteiger partial charge in [-0.25, -0.2) is 0 Å². The number of hydrogen-bond acceptors (Lipinski definition) is 3. The van der Waals surface area contributed by atoms with Crippen LogP contribution < -0.4 is 11.1 Å². The Morgan fingerprint density at radius 2 is 2.28 bits per heavy atom. The molecule has 25 heavy (non-hydrogen) atoms. The number of amides is 1. The second kappa shape index (κ2) is 9.44. The molecule has 1 amide bonds. The van der Waals surface area contributed by atoms with E-state index in [9.17, 15) is 4.79 Å². The van der Waals surface area contributed by atoms with E-state index in [1.54, 1.807) is 0 Å². The van der Waals surface area contributed by atoms with E-state index >= 15 is 0 Å². The standard InChI is InChI=1S/C18H32N6O/c1-4-20-18(23-9-5-7-16(13-23)12-17(19)25)21-8-6-10-24-15(3)11-14(2)22-24/h11,16H,4-10,12-13H2,1-3H3,(H2,19,25)(H,20,21). The van der Waals surface area contributed by atoms with E-state index in [0.29, 0.717) is 12.3 Å². The first kappa shape index (κ1) is 19.3. The molecule has 1 aromatic rings. The Labute approximate surface area is 150 Å². The first-order valence-corrected chi connectivity index (χ1v) is 9.32. The fraction of sp³-hybridized carbons (Fsp3) is 0.722. The summed E-state index contributed by atoms with van der Waals surface area (Å²) in [6.45, 7) is 10.5. The third kappa shape index (κ3) is 6.07. The zero-order valence-corrected chi connectivity index (χ0v) is 15.8. The molecule has 1 atom stereocenters. The maximum absolute atomic E-state index is 11.2. The fourth-order valence-corrected chi connectivity index (χ4v) is 3.44. The Bertz CT molecular complexity index is 594. The Morgan fingerprint density at radius 1 is 1.48 bits per heavy atom. The molecule has 0 spiro atoms. The van der Waals surface area contributed by atoms with Crippen molar-refractivity contribution < 1.29 is 4.79 Å². The van der Waals surface area contributed by atoms with Crippen LogP contribution in [0.3, 0.4) is 0 Å². The minimum Gasteiger partial charge on any atom is -0.370 e. The average molecular weight is 348 g/mol. The van der Waals surface area contributed by atoms with E-state index < -0.39 is 0 Å². The summed E-state index contributed by atoms with van der Waals surface area (Å²) < 4.78 is 2.04. The van der Waals surface area contributed by atoms with E-state index in [4.69, 9.17) is 10.7 Å². The van der Waals surface area contributed by atoms with Gasteiger partial charge in [0.1, 0.15) is 0 Å². The molecule has 7 heteroatoms. The van der Waals surface area contributed by atoms with Crippen LogP contribution in [0, 0.1) is 19.8 Å². The minimum atomic E-state index is -0.210. The normalized spacial score (nSPS) is 18.4. The van der Waals surface area contributed by atoms with Gasteiger partial charge in [0, 0.05) is 44.8 Å². The van der Waals surface area contributed by atoms with Crippen LogP contribution in [0.25, 0.3) is 0 Å². The molecule has 1 unspecified atom stereocenters. The van der Waals surface area contributed by atoms with Crippen LogP contribution in [-0.2, 0) is 11.3 Å². The van der Waals surface area contributed by atoms with Crippen LogP contribution in [0.15, 0.2) is 11.1 Å². The second-order valence-electron chi connectivity index (χ2n) is 6.86. The van der Waals surface area contributed by atoms with Gasteiger partial charge in [-0.15, -0.1) is 0 Å². The molecule has 0 bridgehead atoms. The minimum absolute atomic E-state index is 0.210. The number of likely N-dealkylation sites (tertiary alicyclic amines) is 1. The average Bonchev–Trinajstić information content (AvgIpc) is 2.87. The highest BCUT2D eigenvalue weighted by Crippen LogP contribution is 2.19. The highest BCUT2D eigenvalue weighted by atomic mass is 16.1. The van der Waals surface area contributed by atoms with E-state index in [-0.39, 0.29) is 5.91 Å². The zero-order valence-electron chi connectivity index (χ0n) is 15.8. The van der Waals surface area contributed by atoms with Crippen molar-refractivity contribution in [1.82, 2.24) is 20.0 Å². The molecule has 1 saturated heterocycles. The molecule has 0 aromatic carbocycles. The number of nitrogens with two attached hydrogens (primary N) is 1. The van der Waals surface area contributed by atoms with Crippen LogP contribution in [0.5, 0.6) is 0 Å². The van der Waals surface area contributed by atoms with Gasteiger partial charge in [-0.05, 0) is 52.0 Å². The number of primary amides is 1. The predicted octanol–water partition coefficient (Wildman–Crippen LogP) is 1.44. The maximum Gasteiger partial charge on any atom is 0.217 e. The van der Waals surface area contributed by atoms with Crippen molar-refractivity contribution in [2.45, 2.75) is 53.0 Å². The molecule has 1 aliphatic heterocycles. The number of aryl methyl sites for hydroxylation is 3. The van der Waals surface area contributed by atoms with Crippen LogP contribution in [0.2, 0.25) is 0 Å². The number of aromatic nitrogens is 2. The summed E-state index contributed by atoms with van der Waals surface area (Å²) in [5, 5.41) is 7.87. The Balaban J connectivity index is 1.88. The summed E-state index contributed by atoms with van der Waals surface area (Å²) in [5.41, 5.74) is 7.61. The number of nitrogens with one attached hydrogen (secondary N) is 1. The molecule has 1 fully saturated rings. The van der Waals surface area contributed by atoms with Gasteiger partial charge in [0.2, 0.25) is 5.91 Å². The van der Waals surface area contributed by atoms with Crippen molar-refractivity contribution in [3.05, 3.63) is 17.5 Å². The third-order valence-corrected chi connectivity index (χ3v) is 4.54. The summed E-state index contributed by atoms with van der Waals surface area (Å²) in [5.74, 6) is 1.08. The van der Waals surface area contributed by atoms with Gasteiger partial charge in [-0.1, -0.05) is 0 Å². The van der Waals surface area contributed by atoms with Gasteiger partial charge >= 0.3 is 0 Å². The number of carbonyl (C=O) groups excluding carboxylic acids is 1. The van der Waals surface area contributed by atoms with Gasteiger partial charge in [0.25, 0.3) is 0 Å². The van der Waals surface area contributed by atoms with Gasteiger partial charge < -0.3 is 16.0 Å². The molecular weight excluding hydrogens is 316 g/mol. The summed E-state index contributed by atoms with van der Waals surface area (Å²) >= 11 is 0. The van der Waals surface area contributed by atoms with Crippen molar-refractivity contribution in [1.29, 1.82) is 0 Å². The number of aliphatic imine (C=N–C) groups is 1. The van der Waals surface area contributed by atoms with Crippen LogP contribution in [-0.4, -0.2) is 52.7 Å². The summed E-state index contributed by atoms with van der Waals surface area (Å²) in [4.78, 5) is 18.2. The van der Waals surface area contributed by atoms with E-state index in [1.807, 2.05) is 11.6 Å². The molecule has 0 saturated carbocycles. The number of nitrogens with zero attached hydrogens (tertiary/aromatic N) is 4. The molecule has 2 heterocycles. The quantitative estimate of drug-likeness (QED) is 0.443. The second-order valence-corrected chi connectivity index (χ2v) is 6.86. The lowest BCUT2D eigenvalue weighted by atomic mass is 9.95. The molecule has 0 radical (unpaired) electrons. The summed E-state index contributed by atoms with van der Waals surface area (Å²) in [7, 11) is 0. The maximum atomic E-state index is 11.2. The largest absolute Gasteiger partial charge is 0.370 e. The Hall–Kier alpha value is -2.05. The molecule has 0 aliphatic carbocycles. The van der Waals surface area contributed by atoms with Crippen molar-refractivity contribution >= 4 is 11.9 Å². The van der Waals surface area contributed by atoms with Gasteiger partial charge in [0.15, 0.2) is 5.96 Å². The molecule has 1 aliphatic rings. The lowest BCUT2D eigenvalue weighted by Crippen LogP contribution is -2.47. The molecule has 2 rings (SSSR count). The molecule has 3 N–H and O–H groups in total. The number of rotatable bonds is 7. The lowest BCUT2D eigenvalue weighted by Gasteiger charge is -2.34.